The molecule has 0 saturated heterocycles. The Morgan fingerprint density at radius 2 is 1.79 bits per heavy atom. The lowest BCUT2D eigenvalue weighted by molar-refractivity contribution is -0.111. The number of nitrogens with one attached hydrogen (secondary N) is 1. The molecule has 0 aliphatic rings. The molecule has 0 bridgehead atoms. The number of hydrogen-bond donors (Lipinski definition) is 1. The molecule has 1 heterocycles. The van der Waals surface area contributed by atoms with Gasteiger partial charge in [-0.05, 0) is 47.9 Å². The second kappa shape index (κ2) is 9.37. The summed E-state index contributed by atoms with van der Waals surface area (Å²) in [5, 5.41) is 2.87. The Labute approximate surface area is 164 Å². The molecule has 0 fully saturated rings. The van der Waals surface area contributed by atoms with Gasteiger partial charge in [-0.25, -0.2) is 0 Å². The van der Waals surface area contributed by atoms with Gasteiger partial charge >= 0.3 is 0 Å². The summed E-state index contributed by atoms with van der Waals surface area (Å²) in [4.78, 5) is 16.4. The lowest BCUT2D eigenvalue weighted by atomic mass is 10.1. The third kappa shape index (κ3) is 5.20. The fraction of sp³-hybridized carbons (Fsp3) is 0.130. The fourth-order valence-corrected chi connectivity index (χ4v) is 2.67. The number of rotatable bonds is 7. The Bertz CT molecular complexity index is 954. The Hall–Kier alpha value is -3.60. The van der Waals surface area contributed by atoms with Gasteiger partial charge in [0.2, 0.25) is 5.91 Å². The smallest absolute Gasteiger partial charge is 0.248 e. The van der Waals surface area contributed by atoms with Crippen LogP contribution < -0.4 is 14.8 Å². The van der Waals surface area contributed by atoms with E-state index in [-0.39, 0.29) is 5.91 Å². The predicted octanol–water partition coefficient (Wildman–Crippen LogP) is 4.71. The van der Waals surface area contributed by atoms with Gasteiger partial charge in [-0.1, -0.05) is 30.3 Å². The summed E-state index contributed by atoms with van der Waals surface area (Å²) in [5.41, 5.74) is 3.52. The number of methoxy groups -OCH3 is 1. The fourth-order valence-electron chi connectivity index (χ4n) is 2.67. The number of amides is 1. The van der Waals surface area contributed by atoms with Crippen LogP contribution in [0.25, 0.3) is 5.57 Å². The van der Waals surface area contributed by atoms with E-state index in [1.54, 1.807) is 43.8 Å². The maximum Gasteiger partial charge on any atom is 0.248 e. The van der Waals surface area contributed by atoms with Gasteiger partial charge in [-0.15, -0.1) is 0 Å². The molecule has 142 valence electrons. The Balaban J connectivity index is 1.71. The number of pyridine rings is 1. The van der Waals surface area contributed by atoms with Crippen LogP contribution >= 0.6 is 0 Å². The molecule has 5 heteroatoms. The number of anilines is 1. The van der Waals surface area contributed by atoms with Gasteiger partial charge in [0.15, 0.2) is 11.5 Å². The van der Waals surface area contributed by atoms with Gasteiger partial charge in [-0.3, -0.25) is 9.78 Å². The van der Waals surface area contributed by atoms with E-state index in [1.807, 2.05) is 49.4 Å². The summed E-state index contributed by atoms with van der Waals surface area (Å²) in [6, 6.07) is 18.8. The van der Waals surface area contributed by atoms with Crippen LogP contribution in [0.5, 0.6) is 11.5 Å². The van der Waals surface area contributed by atoms with Crippen LogP contribution in [-0.4, -0.2) is 18.0 Å². The molecule has 3 rings (SSSR count). The van der Waals surface area contributed by atoms with Crippen molar-refractivity contribution in [3.05, 3.63) is 90.3 Å². The van der Waals surface area contributed by atoms with Crippen LogP contribution in [0.3, 0.4) is 0 Å². The maximum atomic E-state index is 12.4. The van der Waals surface area contributed by atoms with Crippen molar-refractivity contribution >= 4 is 17.2 Å². The molecular formula is C23H22N2O3. The second-order valence-electron chi connectivity index (χ2n) is 6.19. The van der Waals surface area contributed by atoms with E-state index in [2.05, 4.69) is 10.3 Å². The number of aromatic nitrogens is 1. The molecule has 5 nitrogen and oxygen atoms in total. The van der Waals surface area contributed by atoms with Crippen molar-refractivity contribution in [2.24, 2.45) is 0 Å². The van der Waals surface area contributed by atoms with E-state index in [9.17, 15) is 4.79 Å². The van der Waals surface area contributed by atoms with Gasteiger partial charge in [-0.2, -0.15) is 0 Å². The summed E-state index contributed by atoms with van der Waals surface area (Å²) < 4.78 is 11.2. The molecule has 1 N–H and O–H groups in total. The van der Waals surface area contributed by atoms with Gasteiger partial charge in [0.1, 0.15) is 6.61 Å². The lowest BCUT2D eigenvalue weighted by Crippen LogP contribution is -2.09. The number of nitrogens with zero attached hydrogens (tertiary/aromatic N) is 1. The normalized spacial score (nSPS) is 11.0. The lowest BCUT2D eigenvalue weighted by Gasteiger charge is -2.13. The quantitative estimate of drug-likeness (QED) is 0.609. The molecule has 0 aliphatic carbocycles. The number of ether oxygens (including phenoxy) is 2. The van der Waals surface area contributed by atoms with E-state index in [1.165, 1.54) is 0 Å². The summed E-state index contributed by atoms with van der Waals surface area (Å²) >= 11 is 0. The molecule has 0 unspecified atom stereocenters. The van der Waals surface area contributed by atoms with Crippen molar-refractivity contribution < 1.29 is 14.3 Å². The second-order valence-corrected chi connectivity index (χ2v) is 6.19. The van der Waals surface area contributed by atoms with Gasteiger partial charge in [0, 0.05) is 30.2 Å². The molecule has 0 radical (unpaired) electrons. The van der Waals surface area contributed by atoms with Crippen molar-refractivity contribution in [1.29, 1.82) is 0 Å². The van der Waals surface area contributed by atoms with Gasteiger partial charge in [0.25, 0.3) is 0 Å². The SMILES string of the molecule is COc1ccc(NC(=O)/C=C(\C)c2ccccc2)cc1OCc1ccncc1. The largest absolute Gasteiger partial charge is 0.493 e. The van der Waals surface area contributed by atoms with E-state index in [0.717, 1.165) is 16.7 Å². The molecular weight excluding hydrogens is 352 g/mol. The van der Waals surface area contributed by atoms with Crippen LogP contribution in [-0.2, 0) is 11.4 Å². The summed E-state index contributed by atoms with van der Waals surface area (Å²) in [7, 11) is 1.58. The van der Waals surface area contributed by atoms with E-state index < -0.39 is 0 Å². The molecule has 1 amide bonds. The highest BCUT2D eigenvalue weighted by molar-refractivity contribution is 6.03. The predicted molar refractivity (Wildman–Crippen MR) is 110 cm³/mol. The average molecular weight is 374 g/mol. The third-order valence-corrected chi connectivity index (χ3v) is 4.15. The highest BCUT2D eigenvalue weighted by atomic mass is 16.5. The Morgan fingerprint density at radius 3 is 2.50 bits per heavy atom. The van der Waals surface area contributed by atoms with Crippen LogP contribution in [0.4, 0.5) is 5.69 Å². The Kier molecular flexibility index (Phi) is 6.41. The zero-order valence-corrected chi connectivity index (χ0v) is 15.9. The van der Waals surface area contributed by atoms with Crippen molar-refractivity contribution in [1.82, 2.24) is 4.98 Å². The monoisotopic (exact) mass is 374 g/mol. The van der Waals surface area contributed by atoms with E-state index in [4.69, 9.17) is 9.47 Å². The molecule has 1 aromatic heterocycles. The number of allylic oxidation sites excluding steroid dienone is 1. The molecule has 3 aromatic rings. The average Bonchev–Trinajstić information content (AvgIpc) is 2.73. The van der Waals surface area contributed by atoms with Crippen molar-refractivity contribution in [3.8, 4) is 11.5 Å². The first-order valence-corrected chi connectivity index (χ1v) is 8.90. The standard InChI is InChI=1S/C23H22N2O3/c1-17(19-6-4-3-5-7-19)14-23(26)25-20-8-9-21(27-2)22(15-20)28-16-18-10-12-24-13-11-18/h3-15H,16H2,1-2H3,(H,25,26)/b17-14+. The van der Waals surface area contributed by atoms with Crippen molar-refractivity contribution in [3.63, 3.8) is 0 Å². The minimum absolute atomic E-state index is 0.202. The number of carbonyl (C=O) groups is 1. The zero-order valence-electron chi connectivity index (χ0n) is 15.9. The van der Waals surface area contributed by atoms with Crippen molar-refractivity contribution in [2.75, 3.05) is 12.4 Å². The molecule has 0 saturated carbocycles. The van der Waals surface area contributed by atoms with Crippen LogP contribution in [0, 0.1) is 0 Å². The summed E-state index contributed by atoms with van der Waals surface area (Å²) in [6.07, 6.45) is 5.01. The molecule has 0 atom stereocenters. The summed E-state index contributed by atoms with van der Waals surface area (Å²) in [5.74, 6) is 0.954. The topological polar surface area (TPSA) is 60.5 Å². The van der Waals surface area contributed by atoms with Gasteiger partial charge < -0.3 is 14.8 Å². The zero-order chi connectivity index (χ0) is 19.8. The van der Waals surface area contributed by atoms with Gasteiger partial charge in [0.05, 0.1) is 7.11 Å². The molecule has 28 heavy (non-hydrogen) atoms. The first-order valence-electron chi connectivity index (χ1n) is 8.90. The van der Waals surface area contributed by atoms with E-state index in [0.29, 0.717) is 23.8 Å². The summed E-state index contributed by atoms with van der Waals surface area (Å²) in [6.45, 7) is 2.29. The van der Waals surface area contributed by atoms with E-state index >= 15 is 0 Å². The third-order valence-electron chi connectivity index (χ3n) is 4.15. The minimum Gasteiger partial charge on any atom is -0.493 e. The Morgan fingerprint density at radius 1 is 1.04 bits per heavy atom. The molecule has 2 aromatic carbocycles. The van der Waals surface area contributed by atoms with Crippen molar-refractivity contribution in [2.45, 2.75) is 13.5 Å². The first-order chi connectivity index (χ1) is 13.7. The molecule has 0 aliphatic heterocycles. The van der Waals surface area contributed by atoms with Crippen LogP contribution in [0.15, 0.2) is 79.1 Å². The number of carbonyl (C=O) groups excluding carboxylic acids is 1. The number of benzene rings is 2. The minimum atomic E-state index is -0.202. The van der Waals surface area contributed by atoms with Crippen LogP contribution in [0.2, 0.25) is 0 Å². The highest BCUT2D eigenvalue weighted by Gasteiger charge is 2.08. The number of hydrogen-bond acceptors (Lipinski definition) is 4. The highest BCUT2D eigenvalue weighted by Crippen LogP contribution is 2.31. The van der Waals surface area contributed by atoms with Crippen LogP contribution in [0.1, 0.15) is 18.1 Å². The maximum absolute atomic E-state index is 12.4. The first kappa shape index (κ1) is 19.2. The molecule has 0 spiro atoms.